The van der Waals surface area contributed by atoms with Crippen LogP contribution in [-0.4, -0.2) is 28.6 Å². The highest BCUT2D eigenvalue weighted by Crippen LogP contribution is 2.31. The minimum Gasteiger partial charge on any atom is -0.534 e. The van der Waals surface area contributed by atoms with Gasteiger partial charge in [0.05, 0.1) is 12.0 Å². The number of nitrogens with one attached hydrogen (secondary N) is 1. The molecule has 7 nitrogen and oxygen atoms in total. The van der Waals surface area contributed by atoms with Crippen molar-refractivity contribution in [2.75, 3.05) is 5.32 Å². The van der Waals surface area contributed by atoms with Gasteiger partial charge in [0.1, 0.15) is 17.5 Å². The maximum atomic E-state index is 12.5. The third-order valence-corrected chi connectivity index (χ3v) is 5.53. The molecule has 1 aliphatic rings. The number of nitrogens with zero attached hydrogens (tertiary/aromatic N) is 2. The van der Waals surface area contributed by atoms with Gasteiger partial charge in [0, 0.05) is 12.6 Å². The van der Waals surface area contributed by atoms with Crippen molar-refractivity contribution in [2.24, 2.45) is 7.05 Å². The molecule has 2 heterocycles. The first kappa shape index (κ1) is 21.7. The lowest BCUT2D eigenvalue weighted by atomic mass is 9.78. The van der Waals surface area contributed by atoms with E-state index in [2.05, 4.69) is 17.0 Å². The molecule has 0 bridgehead atoms. The summed E-state index contributed by atoms with van der Waals surface area (Å²) in [5, 5.41) is 7.12. The van der Waals surface area contributed by atoms with Crippen LogP contribution in [0.5, 0.6) is 0 Å². The first-order chi connectivity index (χ1) is 15.2. The number of aromatic nitrogens is 2. The molecule has 1 fully saturated rings. The lowest BCUT2D eigenvalue weighted by Crippen LogP contribution is -2.34. The summed E-state index contributed by atoms with van der Waals surface area (Å²) in [4.78, 5) is 12.5. The molecule has 0 unspecified atom stereocenters. The Bertz CT molecular complexity index is 1130. The number of hydrogen-bond acceptors (Lipinski definition) is 5. The summed E-state index contributed by atoms with van der Waals surface area (Å²) in [5.41, 5.74) is 2.95. The predicted molar refractivity (Wildman–Crippen MR) is 124 cm³/mol. The molecule has 1 aliphatic heterocycles. The van der Waals surface area contributed by atoms with Crippen molar-refractivity contribution in [1.29, 1.82) is 0 Å². The molecule has 1 atom stereocenters. The first-order valence-electron chi connectivity index (χ1n) is 10.4. The van der Waals surface area contributed by atoms with E-state index in [1.165, 1.54) is 0 Å². The molecule has 0 spiro atoms. The van der Waals surface area contributed by atoms with Crippen LogP contribution in [-0.2, 0) is 21.1 Å². The van der Waals surface area contributed by atoms with Crippen molar-refractivity contribution >= 4 is 24.5 Å². The number of rotatable bonds is 5. The van der Waals surface area contributed by atoms with E-state index in [1.807, 2.05) is 75.4 Å². The molecule has 4 rings (SSSR count). The van der Waals surface area contributed by atoms with Crippen LogP contribution in [0.2, 0.25) is 0 Å². The first-order valence-corrected chi connectivity index (χ1v) is 10.4. The SMILES string of the molecule is C=C1OB(c2ccc(-c3cnn(C)c3NC(=O)O[C@H](C)c3ccccc3)cc2)OC1(C)C. The Hall–Kier alpha value is -3.52. The lowest BCUT2D eigenvalue weighted by Gasteiger charge is -2.15. The Morgan fingerprint density at radius 1 is 1.19 bits per heavy atom. The molecule has 3 aromatic rings. The van der Waals surface area contributed by atoms with Crippen LogP contribution in [0.25, 0.3) is 11.1 Å². The number of carbonyl (C=O) groups is 1. The van der Waals surface area contributed by atoms with Crippen molar-refractivity contribution < 1.29 is 18.8 Å². The van der Waals surface area contributed by atoms with Crippen LogP contribution >= 0.6 is 0 Å². The molecule has 2 aromatic carbocycles. The summed E-state index contributed by atoms with van der Waals surface area (Å²) < 4.78 is 18.8. The largest absolute Gasteiger partial charge is 0.563 e. The Balaban J connectivity index is 1.48. The fraction of sp³-hybridized carbons (Fsp3) is 0.250. The third kappa shape index (κ3) is 4.41. The van der Waals surface area contributed by atoms with E-state index in [9.17, 15) is 4.79 Å². The van der Waals surface area contributed by atoms with Crippen molar-refractivity contribution in [1.82, 2.24) is 9.78 Å². The highest BCUT2D eigenvalue weighted by atomic mass is 16.7. The van der Waals surface area contributed by atoms with Crippen molar-refractivity contribution in [3.05, 3.63) is 78.7 Å². The van der Waals surface area contributed by atoms with Crippen LogP contribution in [0.3, 0.4) is 0 Å². The molecule has 0 saturated carbocycles. The maximum Gasteiger partial charge on any atom is 0.563 e. The molecule has 1 amide bonds. The number of amides is 1. The molecule has 0 aliphatic carbocycles. The monoisotopic (exact) mass is 431 g/mol. The maximum absolute atomic E-state index is 12.5. The van der Waals surface area contributed by atoms with E-state index in [-0.39, 0.29) is 6.10 Å². The van der Waals surface area contributed by atoms with Crippen molar-refractivity contribution in [3.8, 4) is 11.1 Å². The fourth-order valence-electron chi connectivity index (χ4n) is 3.46. The summed E-state index contributed by atoms with van der Waals surface area (Å²) in [6.45, 7) is 9.60. The zero-order chi connectivity index (χ0) is 22.9. The average molecular weight is 431 g/mol. The third-order valence-electron chi connectivity index (χ3n) is 5.53. The highest BCUT2D eigenvalue weighted by molar-refractivity contribution is 6.62. The Morgan fingerprint density at radius 2 is 1.88 bits per heavy atom. The molecular formula is C24H26BN3O4. The highest BCUT2D eigenvalue weighted by Gasteiger charge is 2.42. The molecule has 32 heavy (non-hydrogen) atoms. The number of anilines is 1. The van der Waals surface area contributed by atoms with Crippen LogP contribution in [0, 0.1) is 0 Å². The van der Waals surface area contributed by atoms with E-state index < -0.39 is 18.8 Å². The number of carbonyl (C=O) groups excluding carboxylic acids is 1. The standard InChI is InChI=1S/C24H26BN3O4/c1-16(18-9-7-6-8-10-18)30-23(29)27-22-21(15-26-28(22)5)19-11-13-20(14-12-19)25-31-17(2)24(3,4)32-25/h6-16H,2H2,1,3-5H3,(H,27,29)/t16-/m1/s1. The van der Waals surface area contributed by atoms with E-state index in [4.69, 9.17) is 14.0 Å². The van der Waals surface area contributed by atoms with Gasteiger partial charge in [0.25, 0.3) is 0 Å². The number of hydrogen-bond donors (Lipinski definition) is 1. The molecule has 1 N–H and O–H groups in total. The van der Waals surface area contributed by atoms with Gasteiger partial charge in [-0.05, 0) is 37.4 Å². The number of aryl methyl sites for hydroxylation is 1. The normalized spacial score (nSPS) is 15.9. The second-order valence-electron chi connectivity index (χ2n) is 8.24. The second kappa shape index (κ2) is 8.55. The molecule has 1 saturated heterocycles. The number of benzene rings is 2. The zero-order valence-electron chi connectivity index (χ0n) is 18.7. The van der Waals surface area contributed by atoms with Gasteiger partial charge < -0.3 is 14.0 Å². The van der Waals surface area contributed by atoms with Crippen LogP contribution in [0.1, 0.15) is 32.4 Å². The fourth-order valence-corrected chi connectivity index (χ4v) is 3.46. The summed E-state index contributed by atoms with van der Waals surface area (Å²) >= 11 is 0. The van der Waals surface area contributed by atoms with Gasteiger partial charge in [-0.1, -0.05) is 61.2 Å². The summed E-state index contributed by atoms with van der Waals surface area (Å²) in [7, 11) is 1.27. The molecule has 164 valence electrons. The Kier molecular flexibility index (Phi) is 5.80. The summed E-state index contributed by atoms with van der Waals surface area (Å²) in [6, 6.07) is 17.3. The summed E-state index contributed by atoms with van der Waals surface area (Å²) in [6.07, 6.45) is 0.785. The minimum atomic E-state index is -0.545. The van der Waals surface area contributed by atoms with E-state index in [0.717, 1.165) is 22.2 Å². The molecule has 8 heteroatoms. The lowest BCUT2D eigenvalue weighted by molar-refractivity contribution is 0.121. The zero-order valence-corrected chi connectivity index (χ0v) is 18.7. The Morgan fingerprint density at radius 3 is 2.50 bits per heavy atom. The van der Waals surface area contributed by atoms with Gasteiger partial charge in [0.15, 0.2) is 0 Å². The molecule has 0 radical (unpaired) electrons. The van der Waals surface area contributed by atoms with Gasteiger partial charge in [-0.25, -0.2) is 4.79 Å². The second-order valence-corrected chi connectivity index (χ2v) is 8.24. The smallest absolute Gasteiger partial charge is 0.534 e. The van der Waals surface area contributed by atoms with Crippen molar-refractivity contribution in [3.63, 3.8) is 0 Å². The van der Waals surface area contributed by atoms with E-state index in [0.29, 0.717) is 11.6 Å². The average Bonchev–Trinajstić information content (AvgIpc) is 3.27. The van der Waals surface area contributed by atoms with Gasteiger partial charge in [-0.3, -0.25) is 10.00 Å². The van der Waals surface area contributed by atoms with Crippen LogP contribution < -0.4 is 10.8 Å². The quantitative estimate of drug-likeness (QED) is 0.605. The molecule has 1 aromatic heterocycles. The van der Waals surface area contributed by atoms with Gasteiger partial charge in [0.2, 0.25) is 0 Å². The van der Waals surface area contributed by atoms with Crippen molar-refractivity contribution in [2.45, 2.75) is 32.5 Å². The van der Waals surface area contributed by atoms with Gasteiger partial charge in [-0.2, -0.15) is 5.10 Å². The predicted octanol–water partition coefficient (Wildman–Crippen LogP) is 4.43. The van der Waals surface area contributed by atoms with E-state index >= 15 is 0 Å². The van der Waals surface area contributed by atoms with Crippen LogP contribution in [0.4, 0.5) is 10.6 Å². The minimum absolute atomic E-state index is 0.377. The topological polar surface area (TPSA) is 74.6 Å². The van der Waals surface area contributed by atoms with Crippen LogP contribution in [0.15, 0.2) is 73.1 Å². The summed E-state index contributed by atoms with van der Waals surface area (Å²) in [5.74, 6) is 1.15. The van der Waals surface area contributed by atoms with Gasteiger partial charge >= 0.3 is 13.2 Å². The van der Waals surface area contributed by atoms with E-state index in [1.54, 1.807) is 17.9 Å². The number of ether oxygens (including phenoxy) is 1. The molecular weight excluding hydrogens is 405 g/mol. The van der Waals surface area contributed by atoms with Gasteiger partial charge in [-0.15, -0.1) is 0 Å². The Labute approximate surface area is 188 Å².